The molecule has 2 saturated heterocycles. The Morgan fingerprint density at radius 1 is 0.542 bits per heavy atom. The predicted molar refractivity (Wildman–Crippen MR) is 224 cm³/mol. The number of amides is 4. The van der Waals surface area contributed by atoms with Gasteiger partial charge in [0.1, 0.15) is 34.8 Å². The van der Waals surface area contributed by atoms with Crippen molar-refractivity contribution < 1.29 is 36.6 Å². The Morgan fingerprint density at radius 2 is 0.949 bits per heavy atom. The van der Waals surface area contributed by atoms with Crippen LogP contribution in [-0.2, 0) is 0 Å². The van der Waals surface area contributed by atoms with Gasteiger partial charge in [-0.1, -0.05) is 48.5 Å². The highest BCUT2D eigenvalue weighted by Gasteiger charge is 2.27. The Bertz CT molecular complexity index is 2430. The summed E-state index contributed by atoms with van der Waals surface area (Å²) in [5, 5.41) is 7.00. The van der Waals surface area contributed by atoms with E-state index in [0.29, 0.717) is 86.6 Å². The lowest BCUT2D eigenvalue weighted by atomic mass is 10.1. The number of fused-ring (bicyclic) bond motifs is 2. The summed E-state index contributed by atoms with van der Waals surface area (Å²) in [6, 6.07) is 30.0. The zero-order chi connectivity index (χ0) is 41.6. The molecule has 0 spiro atoms. The summed E-state index contributed by atoms with van der Waals surface area (Å²) in [6.07, 6.45) is 0. The minimum atomic E-state index is -0.608. The molecule has 2 fully saturated rings. The number of piperazine rings is 2. The molecule has 0 bridgehead atoms. The molecule has 59 heavy (non-hydrogen) atoms. The summed E-state index contributed by atoms with van der Waals surface area (Å²) in [7, 11) is 4.88. The first kappa shape index (κ1) is 40.5. The third-order valence-corrected chi connectivity index (χ3v) is 10.5. The molecule has 1 N–H and O–H groups in total. The minimum Gasteiger partial charge on any atom is -0.495 e. The predicted octanol–water partition coefficient (Wildman–Crippen LogP) is 8.99. The van der Waals surface area contributed by atoms with E-state index < -0.39 is 23.3 Å². The molecule has 2 aliphatic rings. The molecule has 0 radical (unpaired) electrons. The topological polar surface area (TPSA) is 80.8 Å². The van der Waals surface area contributed by atoms with E-state index in [2.05, 4.69) is 5.32 Å². The van der Waals surface area contributed by atoms with Gasteiger partial charge in [-0.3, -0.25) is 4.90 Å². The van der Waals surface area contributed by atoms with Crippen LogP contribution in [0.4, 0.5) is 49.9 Å². The van der Waals surface area contributed by atoms with Gasteiger partial charge in [0, 0.05) is 82.9 Å². The lowest BCUT2D eigenvalue weighted by molar-refractivity contribution is 0.202. The third-order valence-electron chi connectivity index (χ3n) is 10.5. The number of carbonyl (C=O) groups is 2. The average Bonchev–Trinajstić information content (AvgIpc) is 3.24. The van der Waals surface area contributed by atoms with Gasteiger partial charge >= 0.3 is 12.1 Å². The fraction of sp³-hybridized carbons (Fsp3) is 0.244. The fourth-order valence-electron chi connectivity index (χ4n) is 7.40. The molecular weight excluding hydrogens is 765 g/mol. The van der Waals surface area contributed by atoms with E-state index in [0.717, 1.165) is 33.7 Å². The molecule has 8 rings (SSSR count). The molecule has 0 atom stereocenters. The Labute approximate surface area is 339 Å². The second-order valence-electron chi connectivity index (χ2n) is 14.2. The molecule has 6 aromatic carbocycles. The van der Waals surface area contributed by atoms with Gasteiger partial charge in [-0.05, 0) is 70.1 Å². The normalized spacial score (nSPS) is 14.2. The molecule has 6 aromatic rings. The van der Waals surface area contributed by atoms with Crippen LogP contribution in [0.3, 0.4) is 0 Å². The van der Waals surface area contributed by atoms with E-state index in [9.17, 15) is 27.2 Å². The number of nitrogens with zero attached hydrogens (tertiary/aromatic N) is 5. The zero-order valence-corrected chi connectivity index (χ0v) is 32.9. The maximum atomic E-state index is 13.5. The molecular formula is C45H44F4N6O4. The smallest absolute Gasteiger partial charge is 0.324 e. The van der Waals surface area contributed by atoms with E-state index in [1.807, 2.05) is 82.6 Å². The number of hydrogen-bond donors (Lipinski definition) is 1. The van der Waals surface area contributed by atoms with E-state index in [-0.39, 0.29) is 12.1 Å². The lowest BCUT2D eigenvalue weighted by Crippen LogP contribution is -2.52. The van der Waals surface area contributed by atoms with Gasteiger partial charge in [0.25, 0.3) is 0 Å². The first-order valence-electron chi connectivity index (χ1n) is 19.1. The molecule has 4 amide bonds. The molecule has 2 aliphatic heterocycles. The van der Waals surface area contributed by atoms with Crippen molar-refractivity contribution in [1.29, 1.82) is 0 Å². The number of carbonyl (C=O) groups excluding carboxylic acids is 2. The van der Waals surface area contributed by atoms with Crippen LogP contribution in [0.1, 0.15) is 0 Å². The number of rotatable bonds is 6. The first-order valence-corrected chi connectivity index (χ1v) is 19.1. The number of nitrogens with one attached hydrogen (secondary N) is 1. The van der Waals surface area contributed by atoms with Gasteiger partial charge in [0.05, 0.1) is 25.6 Å². The number of anilines is 4. The van der Waals surface area contributed by atoms with Crippen LogP contribution in [-0.4, -0.2) is 95.5 Å². The van der Waals surface area contributed by atoms with Gasteiger partial charge in [-0.25, -0.2) is 27.2 Å². The van der Waals surface area contributed by atoms with Gasteiger partial charge < -0.3 is 34.4 Å². The zero-order valence-electron chi connectivity index (χ0n) is 32.9. The standard InChI is InChI=1S/C23H23F2N3O2.C22H21F2N3O2/c1-26(21-11-16-5-3-4-6-17(16)12-22(21)30-2)23(29)28-9-7-27(8-10-28)20-14-18(24)13-19(25)15-20;1-29-21-11-16-5-3-2-4-15(16)10-20(21)25-22(28)27-8-6-26(7-9-27)19-13-17(23)12-18(24)14-19/h3-6,11-15H,7-10H2,1-2H3;2-5,10-14H,6-9H2,1H3,(H,25,28). The number of urea groups is 2. The number of methoxy groups -OCH3 is 2. The second kappa shape index (κ2) is 17.8. The highest BCUT2D eigenvalue weighted by atomic mass is 19.1. The highest BCUT2D eigenvalue weighted by molar-refractivity contribution is 5.98. The third kappa shape index (κ3) is 9.38. The van der Waals surface area contributed by atoms with Gasteiger partial charge in [-0.2, -0.15) is 0 Å². The van der Waals surface area contributed by atoms with Crippen molar-refractivity contribution in [2.75, 3.05) is 93.6 Å². The largest absolute Gasteiger partial charge is 0.495 e. The van der Waals surface area contributed by atoms with E-state index in [4.69, 9.17) is 9.47 Å². The second-order valence-corrected chi connectivity index (χ2v) is 14.2. The number of benzene rings is 6. The van der Waals surface area contributed by atoms with Crippen molar-refractivity contribution in [3.8, 4) is 11.5 Å². The average molecular weight is 809 g/mol. The fourth-order valence-corrected chi connectivity index (χ4v) is 7.40. The maximum Gasteiger partial charge on any atom is 0.324 e. The van der Waals surface area contributed by atoms with E-state index >= 15 is 0 Å². The summed E-state index contributed by atoms with van der Waals surface area (Å²) >= 11 is 0. The molecule has 0 aliphatic carbocycles. The monoisotopic (exact) mass is 808 g/mol. The van der Waals surface area contributed by atoms with Gasteiger partial charge in [0.15, 0.2) is 0 Å². The summed E-state index contributed by atoms with van der Waals surface area (Å²) in [4.78, 5) is 34.6. The van der Waals surface area contributed by atoms with Crippen LogP contribution in [0.15, 0.2) is 109 Å². The van der Waals surface area contributed by atoms with Gasteiger partial charge in [-0.15, -0.1) is 0 Å². The van der Waals surface area contributed by atoms with Crippen LogP contribution < -0.4 is 29.5 Å². The molecule has 0 aromatic heterocycles. The summed E-state index contributed by atoms with van der Waals surface area (Å²) < 4.78 is 64.9. The Kier molecular flexibility index (Phi) is 12.2. The molecule has 10 nitrogen and oxygen atoms in total. The summed E-state index contributed by atoms with van der Waals surface area (Å²) in [6.45, 7) is 3.78. The Morgan fingerprint density at radius 3 is 1.41 bits per heavy atom. The van der Waals surface area contributed by atoms with Crippen molar-refractivity contribution in [1.82, 2.24) is 9.80 Å². The molecule has 14 heteroatoms. The summed E-state index contributed by atoms with van der Waals surface area (Å²) in [5.74, 6) is -1.21. The number of hydrogen-bond acceptors (Lipinski definition) is 6. The SMILES string of the molecule is COc1cc2ccccc2cc1N(C)C(=O)N1CCN(c2cc(F)cc(F)c2)CC1.COc1cc2ccccc2cc1NC(=O)N1CCN(c2cc(F)cc(F)c2)CC1. The maximum absolute atomic E-state index is 13.5. The van der Waals surface area contributed by atoms with Crippen molar-refractivity contribution >= 4 is 56.4 Å². The summed E-state index contributed by atoms with van der Waals surface area (Å²) in [5.41, 5.74) is 2.27. The van der Waals surface area contributed by atoms with Crippen LogP contribution in [0.5, 0.6) is 11.5 Å². The van der Waals surface area contributed by atoms with Crippen LogP contribution in [0.2, 0.25) is 0 Å². The molecule has 306 valence electrons. The lowest BCUT2D eigenvalue weighted by Gasteiger charge is -2.38. The molecule has 0 unspecified atom stereocenters. The van der Waals surface area contributed by atoms with Crippen molar-refractivity contribution in [3.63, 3.8) is 0 Å². The van der Waals surface area contributed by atoms with Crippen molar-refractivity contribution in [3.05, 3.63) is 132 Å². The highest BCUT2D eigenvalue weighted by Crippen LogP contribution is 2.34. The van der Waals surface area contributed by atoms with Crippen molar-refractivity contribution in [2.45, 2.75) is 0 Å². The van der Waals surface area contributed by atoms with E-state index in [1.165, 1.54) is 24.3 Å². The Balaban J connectivity index is 0.000000179. The first-order chi connectivity index (χ1) is 28.5. The number of halogens is 4. The van der Waals surface area contributed by atoms with Crippen LogP contribution in [0.25, 0.3) is 21.5 Å². The molecule has 2 heterocycles. The number of ether oxygens (including phenoxy) is 2. The quantitative estimate of drug-likeness (QED) is 0.169. The van der Waals surface area contributed by atoms with E-state index in [1.54, 1.807) is 36.0 Å². The van der Waals surface area contributed by atoms with Crippen LogP contribution >= 0.6 is 0 Å². The van der Waals surface area contributed by atoms with Crippen molar-refractivity contribution in [2.24, 2.45) is 0 Å². The minimum absolute atomic E-state index is 0.145. The Hall–Kier alpha value is -6.70. The molecule has 0 saturated carbocycles. The van der Waals surface area contributed by atoms with Gasteiger partial charge in [0.2, 0.25) is 0 Å². The van der Waals surface area contributed by atoms with Crippen LogP contribution in [0, 0.1) is 23.3 Å².